The fraction of sp³-hybridized carbons (Fsp3) is 0.500. The molecule has 0 saturated carbocycles. The Morgan fingerprint density at radius 2 is 1.82 bits per heavy atom. The van der Waals surface area contributed by atoms with Gasteiger partial charge in [-0.25, -0.2) is 4.79 Å². The molecule has 1 rings (SSSR count). The molecule has 0 aliphatic rings. The van der Waals surface area contributed by atoms with E-state index in [4.69, 9.17) is 4.74 Å². The molecule has 0 atom stereocenters. The third-order valence-corrected chi connectivity index (χ3v) is 2.83. The molecule has 0 aliphatic carbocycles. The van der Waals surface area contributed by atoms with E-state index in [-0.39, 0.29) is 5.97 Å². The molecular formula is C14H21NO2. The standard InChI is InChI=1S/C14H21NO2/c1-5-15(12-10-8-7-9-11-12)14(3,4)13(16)17-6-2/h7-11H,5-6H2,1-4H3. The number of nitrogens with zero attached hydrogens (tertiary/aromatic N) is 1. The monoisotopic (exact) mass is 235 g/mol. The lowest BCUT2D eigenvalue weighted by Gasteiger charge is -2.37. The normalized spacial score (nSPS) is 11.1. The third-order valence-electron chi connectivity index (χ3n) is 2.83. The predicted molar refractivity (Wildman–Crippen MR) is 70.2 cm³/mol. The number of hydrogen-bond acceptors (Lipinski definition) is 3. The average molecular weight is 235 g/mol. The van der Waals surface area contributed by atoms with Gasteiger partial charge < -0.3 is 9.64 Å². The van der Waals surface area contributed by atoms with Crippen LogP contribution in [0.4, 0.5) is 5.69 Å². The van der Waals surface area contributed by atoms with Gasteiger partial charge in [-0.05, 0) is 39.8 Å². The van der Waals surface area contributed by atoms with Crippen molar-refractivity contribution in [1.82, 2.24) is 0 Å². The number of hydrogen-bond donors (Lipinski definition) is 0. The van der Waals surface area contributed by atoms with Gasteiger partial charge in [-0.15, -0.1) is 0 Å². The topological polar surface area (TPSA) is 29.5 Å². The summed E-state index contributed by atoms with van der Waals surface area (Å²) in [5.74, 6) is -0.189. The van der Waals surface area contributed by atoms with Crippen molar-refractivity contribution in [3.05, 3.63) is 30.3 Å². The van der Waals surface area contributed by atoms with Gasteiger partial charge in [0.05, 0.1) is 6.61 Å². The van der Waals surface area contributed by atoms with E-state index in [9.17, 15) is 4.79 Å². The molecule has 0 amide bonds. The summed E-state index contributed by atoms with van der Waals surface area (Å²) in [7, 11) is 0. The van der Waals surface area contributed by atoms with Crippen LogP contribution in [-0.4, -0.2) is 24.7 Å². The van der Waals surface area contributed by atoms with Crippen molar-refractivity contribution in [2.24, 2.45) is 0 Å². The van der Waals surface area contributed by atoms with Crippen LogP contribution in [-0.2, 0) is 9.53 Å². The van der Waals surface area contributed by atoms with Gasteiger partial charge in [-0.1, -0.05) is 18.2 Å². The largest absolute Gasteiger partial charge is 0.464 e. The van der Waals surface area contributed by atoms with Crippen LogP contribution >= 0.6 is 0 Å². The van der Waals surface area contributed by atoms with Crippen molar-refractivity contribution in [1.29, 1.82) is 0 Å². The van der Waals surface area contributed by atoms with Crippen LogP contribution in [0, 0.1) is 0 Å². The molecule has 1 aromatic rings. The number of rotatable bonds is 5. The molecule has 17 heavy (non-hydrogen) atoms. The third kappa shape index (κ3) is 2.99. The molecule has 3 heteroatoms. The molecule has 0 N–H and O–H groups in total. The van der Waals surface area contributed by atoms with Gasteiger partial charge in [0.25, 0.3) is 0 Å². The fourth-order valence-corrected chi connectivity index (χ4v) is 1.93. The Labute approximate surface area is 103 Å². The molecule has 0 aliphatic heterocycles. The van der Waals surface area contributed by atoms with Gasteiger partial charge in [-0.3, -0.25) is 0 Å². The van der Waals surface area contributed by atoms with Gasteiger partial charge in [0, 0.05) is 12.2 Å². The van der Waals surface area contributed by atoms with Crippen molar-refractivity contribution >= 4 is 11.7 Å². The highest BCUT2D eigenvalue weighted by Crippen LogP contribution is 2.24. The number of benzene rings is 1. The van der Waals surface area contributed by atoms with Crippen LogP contribution in [0.3, 0.4) is 0 Å². The van der Waals surface area contributed by atoms with Crippen LogP contribution in [0.25, 0.3) is 0 Å². The Bertz CT molecular complexity index is 360. The summed E-state index contributed by atoms with van der Waals surface area (Å²) in [6.07, 6.45) is 0. The van der Waals surface area contributed by atoms with Crippen molar-refractivity contribution in [2.45, 2.75) is 33.2 Å². The average Bonchev–Trinajstić information content (AvgIpc) is 2.31. The molecule has 94 valence electrons. The van der Waals surface area contributed by atoms with Crippen molar-refractivity contribution < 1.29 is 9.53 Å². The van der Waals surface area contributed by atoms with E-state index < -0.39 is 5.54 Å². The number of carbonyl (C=O) groups is 1. The first-order valence-corrected chi connectivity index (χ1v) is 6.04. The number of likely N-dealkylation sites (N-methyl/N-ethyl adjacent to an activating group) is 1. The molecule has 0 bridgehead atoms. The molecule has 0 fully saturated rings. The summed E-state index contributed by atoms with van der Waals surface area (Å²) in [6, 6.07) is 9.92. The quantitative estimate of drug-likeness (QED) is 0.735. The van der Waals surface area contributed by atoms with E-state index in [0.717, 1.165) is 12.2 Å². The molecule has 0 unspecified atom stereocenters. The number of ether oxygens (including phenoxy) is 1. The number of anilines is 1. The fourth-order valence-electron chi connectivity index (χ4n) is 1.93. The van der Waals surface area contributed by atoms with Crippen LogP contribution in [0.5, 0.6) is 0 Å². The zero-order valence-electron chi connectivity index (χ0n) is 11.1. The highest BCUT2D eigenvalue weighted by atomic mass is 16.5. The van der Waals surface area contributed by atoms with Crippen LogP contribution in [0.1, 0.15) is 27.7 Å². The molecule has 0 radical (unpaired) electrons. The molecule has 0 aromatic heterocycles. The highest BCUT2D eigenvalue weighted by Gasteiger charge is 2.35. The second-order valence-electron chi connectivity index (χ2n) is 4.36. The lowest BCUT2D eigenvalue weighted by molar-refractivity contribution is -0.148. The van der Waals surface area contributed by atoms with Gasteiger partial charge in [0.1, 0.15) is 5.54 Å². The summed E-state index contributed by atoms with van der Waals surface area (Å²) >= 11 is 0. The van der Waals surface area contributed by atoms with Crippen molar-refractivity contribution in [3.63, 3.8) is 0 Å². The molecule has 0 saturated heterocycles. The van der Waals surface area contributed by atoms with Crippen LogP contribution < -0.4 is 4.90 Å². The minimum absolute atomic E-state index is 0.189. The lowest BCUT2D eigenvalue weighted by atomic mass is 10.0. The Morgan fingerprint density at radius 3 is 2.29 bits per heavy atom. The number of esters is 1. The van der Waals surface area contributed by atoms with Crippen molar-refractivity contribution in [2.75, 3.05) is 18.1 Å². The minimum atomic E-state index is -0.647. The van der Waals surface area contributed by atoms with E-state index in [1.54, 1.807) is 0 Å². The maximum atomic E-state index is 12.0. The number of para-hydroxylation sites is 1. The highest BCUT2D eigenvalue weighted by molar-refractivity contribution is 5.84. The van der Waals surface area contributed by atoms with E-state index in [1.807, 2.05) is 62.9 Å². The van der Waals surface area contributed by atoms with Crippen LogP contribution in [0.2, 0.25) is 0 Å². The van der Waals surface area contributed by atoms with E-state index in [2.05, 4.69) is 0 Å². The van der Waals surface area contributed by atoms with Gasteiger partial charge in [0.15, 0.2) is 0 Å². The van der Waals surface area contributed by atoms with Gasteiger partial charge in [-0.2, -0.15) is 0 Å². The predicted octanol–water partition coefficient (Wildman–Crippen LogP) is 2.85. The van der Waals surface area contributed by atoms with Gasteiger partial charge >= 0.3 is 5.97 Å². The van der Waals surface area contributed by atoms with E-state index in [1.165, 1.54) is 0 Å². The van der Waals surface area contributed by atoms with E-state index in [0.29, 0.717) is 6.61 Å². The molecule has 3 nitrogen and oxygen atoms in total. The maximum absolute atomic E-state index is 12.0. The SMILES string of the molecule is CCOC(=O)C(C)(C)N(CC)c1ccccc1. The first-order valence-electron chi connectivity index (χ1n) is 6.04. The van der Waals surface area contributed by atoms with E-state index >= 15 is 0 Å². The Kier molecular flexibility index (Phi) is 4.55. The first-order chi connectivity index (χ1) is 8.04. The van der Waals surface area contributed by atoms with Crippen LogP contribution in [0.15, 0.2) is 30.3 Å². The summed E-state index contributed by atoms with van der Waals surface area (Å²) in [4.78, 5) is 14.0. The molecular weight excluding hydrogens is 214 g/mol. The summed E-state index contributed by atoms with van der Waals surface area (Å²) in [6.45, 7) is 8.81. The second-order valence-corrected chi connectivity index (χ2v) is 4.36. The maximum Gasteiger partial charge on any atom is 0.331 e. The smallest absolute Gasteiger partial charge is 0.331 e. The Balaban J connectivity index is 2.97. The summed E-state index contributed by atoms with van der Waals surface area (Å²) < 4.78 is 5.13. The summed E-state index contributed by atoms with van der Waals surface area (Å²) in [5.41, 5.74) is 0.389. The molecule has 0 heterocycles. The summed E-state index contributed by atoms with van der Waals surface area (Å²) in [5, 5.41) is 0. The first kappa shape index (κ1) is 13.6. The number of carbonyl (C=O) groups excluding carboxylic acids is 1. The second kappa shape index (κ2) is 5.71. The van der Waals surface area contributed by atoms with Crippen molar-refractivity contribution in [3.8, 4) is 0 Å². The Hall–Kier alpha value is -1.51. The Morgan fingerprint density at radius 1 is 1.24 bits per heavy atom. The molecule has 1 aromatic carbocycles. The van der Waals surface area contributed by atoms with Gasteiger partial charge in [0.2, 0.25) is 0 Å². The zero-order valence-corrected chi connectivity index (χ0v) is 11.1. The molecule has 0 spiro atoms. The lowest BCUT2D eigenvalue weighted by Crippen LogP contribution is -2.51. The zero-order chi connectivity index (χ0) is 12.9. The minimum Gasteiger partial charge on any atom is -0.464 e.